The third kappa shape index (κ3) is 6.59. The van der Waals surface area contributed by atoms with Gasteiger partial charge in [-0.1, -0.05) is 65.3 Å². The summed E-state index contributed by atoms with van der Waals surface area (Å²) in [4.78, 5) is 15.9. The van der Waals surface area contributed by atoms with Gasteiger partial charge in [0.1, 0.15) is 10.8 Å². The number of halogens is 1. The third-order valence-electron chi connectivity index (χ3n) is 6.24. The van der Waals surface area contributed by atoms with Gasteiger partial charge in [-0.25, -0.2) is 0 Å². The first-order valence-corrected chi connectivity index (χ1v) is 11.5. The maximum Gasteiger partial charge on any atom is 0.290 e. The predicted octanol–water partition coefficient (Wildman–Crippen LogP) is 7.44. The molecule has 0 radical (unpaired) electrons. The zero-order valence-corrected chi connectivity index (χ0v) is 20.7. The number of nitro benzene ring substituents is 1. The smallest absolute Gasteiger partial charge is 0.290 e. The molecule has 0 fully saturated rings. The normalized spacial score (nSPS) is 12.0. The average Bonchev–Trinajstić information content (AvgIpc) is 2.76. The van der Waals surface area contributed by atoms with Crippen LogP contribution in [0, 0.1) is 10.1 Å². The van der Waals surface area contributed by atoms with Gasteiger partial charge in [0.2, 0.25) is 0 Å². The number of hydrogen-bond acceptors (Lipinski definition) is 5. The molecule has 0 heterocycles. The van der Waals surface area contributed by atoms with Crippen LogP contribution in [0.25, 0.3) is 0 Å². The lowest BCUT2D eigenvalue weighted by Gasteiger charge is -2.30. The molecular weight excluding hydrogens is 428 g/mol. The molecule has 0 spiro atoms. The van der Waals surface area contributed by atoms with Crippen LogP contribution in [0.1, 0.15) is 71.9 Å². The Labute approximate surface area is 196 Å². The quantitative estimate of drug-likeness (QED) is 0.201. The van der Waals surface area contributed by atoms with Gasteiger partial charge >= 0.3 is 0 Å². The zero-order valence-electron chi connectivity index (χ0n) is 20.0. The van der Waals surface area contributed by atoms with E-state index in [4.69, 9.17) is 21.2 Å². The highest BCUT2D eigenvalue weighted by Gasteiger charge is 2.26. The molecule has 2 aromatic carbocycles. The molecule has 0 atom stereocenters. The Balaban J connectivity index is 1.95. The van der Waals surface area contributed by atoms with Crippen molar-refractivity contribution in [2.24, 2.45) is 0 Å². The van der Waals surface area contributed by atoms with Gasteiger partial charge in [-0.05, 0) is 47.4 Å². The highest BCUT2D eigenvalue weighted by molar-refractivity contribution is 6.32. The van der Waals surface area contributed by atoms with E-state index in [1.807, 2.05) is 0 Å². The first kappa shape index (κ1) is 25.9. The van der Waals surface area contributed by atoms with Crippen molar-refractivity contribution in [2.75, 3.05) is 18.7 Å². The largest absolute Gasteiger partial charge is 0.493 e. The molecule has 1 N–H and O–H groups in total. The van der Waals surface area contributed by atoms with Crippen molar-refractivity contribution < 1.29 is 14.5 Å². The zero-order chi connectivity index (χ0) is 23.9. The van der Waals surface area contributed by atoms with E-state index in [1.165, 1.54) is 23.3 Å². The van der Waals surface area contributed by atoms with Crippen LogP contribution in [0.2, 0.25) is 5.02 Å². The number of hydrogen-bond donors (Lipinski definition) is 1. The summed E-state index contributed by atoms with van der Waals surface area (Å²) in [5.41, 5.74) is 5.72. The summed E-state index contributed by atoms with van der Waals surface area (Å²) in [5, 5.41) is 11.1. The lowest BCUT2D eigenvalue weighted by Crippen LogP contribution is -2.21. The number of nitrogens with one attached hydrogen (secondary N) is 1. The van der Waals surface area contributed by atoms with Gasteiger partial charge in [-0.15, -0.1) is 0 Å². The standard InChI is InChI=1S/C25H35ClN2O4/c1-7-24(3,4)18-10-13-23(20(16-18)25(5,6)8-2)31-14-9-15-32-27-19-11-12-21(26)22(17-19)28(29)30/h10-13,16-17,27H,7-9,14-15H2,1-6H3. The second-order valence-corrected chi connectivity index (χ2v) is 9.67. The summed E-state index contributed by atoms with van der Waals surface area (Å²) in [6.45, 7) is 14.3. The summed E-state index contributed by atoms with van der Waals surface area (Å²) in [6.07, 6.45) is 2.75. The Kier molecular flexibility index (Phi) is 8.93. The highest BCUT2D eigenvalue weighted by atomic mass is 35.5. The molecule has 0 unspecified atom stereocenters. The van der Waals surface area contributed by atoms with E-state index in [-0.39, 0.29) is 21.5 Å². The Bertz CT molecular complexity index is 928. The van der Waals surface area contributed by atoms with Crippen molar-refractivity contribution in [3.63, 3.8) is 0 Å². The van der Waals surface area contributed by atoms with Gasteiger partial charge in [0, 0.05) is 18.1 Å². The van der Waals surface area contributed by atoms with Crippen LogP contribution in [-0.4, -0.2) is 18.1 Å². The topological polar surface area (TPSA) is 73.6 Å². The number of rotatable bonds is 12. The van der Waals surface area contributed by atoms with E-state index in [2.05, 4.69) is 65.2 Å². The minimum Gasteiger partial charge on any atom is -0.493 e. The fraction of sp³-hybridized carbons (Fsp3) is 0.520. The van der Waals surface area contributed by atoms with Gasteiger partial charge < -0.3 is 4.74 Å². The Morgan fingerprint density at radius 2 is 1.69 bits per heavy atom. The summed E-state index contributed by atoms with van der Waals surface area (Å²) < 4.78 is 6.13. The summed E-state index contributed by atoms with van der Waals surface area (Å²) >= 11 is 5.82. The van der Waals surface area contributed by atoms with Gasteiger partial charge in [-0.2, -0.15) is 0 Å². The van der Waals surface area contributed by atoms with E-state index in [0.29, 0.717) is 25.3 Å². The van der Waals surface area contributed by atoms with E-state index in [9.17, 15) is 10.1 Å². The monoisotopic (exact) mass is 462 g/mol. The molecular formula is C25H35ClN2O4. The first-order valence-electron chi connectivity index (χ1n) is 11.1. The molecule has 0 amide bonds. The van der Waals surface area contributed by atoms with E-state index < -0.39 is 4.92 Å². The van der Waals surface area contributed by atoms with Gasteiger partial charge in [0.25, 0.3) is 5.69 Å². The number of anilines is 1. The van der Waals surface area contributed by atoms with E-state index in [0.717, 1.165) is 18.6 Å². The van der Waals surface area contributed by atoms with Crippen LogP contribution in [0.4, 0.5) is 11.4 Å². The molecule has 176 valence electrons. The van der Waals surface area contributed by atoms with Gasteiger partial charge in [-0.3, -0.25) is 20.4 Å². The van der Waals surface area contributed by atoms with Crippen LogP contribution in [0.15, 0.2) is 36.4 Å². The Morgan fingerprint density at radius 3 is 2.31 bits per heavy atom. The van der Waals surface area contributed by atoms with E-state index >= 15 is 0 Å². The van der Waals surface area contributed by atoms with Crippen molar-refractivity contribution in [3.8, 4) is 5.75 Å². The number of benzene rings is 2. The van der Waals surface area contributed by atoms with Crippen molar-refractivity contribution in [1.82, 2.24) is 0 Å². The van der Waals surface area contributed by atoms with E-state index in [1.54, 1.807) is 6.07 Å². The maximum atomic E-state index is 11.0. The third-order valence-corrected chi connectivity index (χ3v) is 6.56. The molecule has 32 heavy (non-hydrogen) atoms. The lowest BCUT2D eigenvalue weighted by molar-refractivity contribution is -0.384. The lowest BCUT2D eigenvalue weighted by atomic mass is 9.76. The molecule has 0 bridgehead atoms. The van der Waals surface area contributed by atoms with Crippen LogP contribution in [0.3, 0.4) is 0 Å². The first-order chi connectivity index (χ1) is 15.0. The molecule has 0 saturated carbocycles. The number of ether oxygens (including phenoxy) is 1. The average molecular weight is 463 g/mol. The van der Waals surface area contributed by atoms with Crippen molar-refractivity contribution in [3.05, 3.63) is 62.7 Å². The molecule has 2 rings (SSSR count). The van der Waals surface area contributed by atoms with Crippen molar-refractivity contribution in [2.45, 2.75) is 71.6 Å². The summed E-state index contributed by atoms with van der Waals surface area (Å²) in [6, 6.07) is 11.0. The molecule has 0 aliphatic rings. The maximum absolute atomic E-state index is 11.0. The van der Waals surface area contributed by atoms with Gasteiger partial charge in [0.15, 0.2) is 0 Å². The Hall–Kier alpha value is -2.31. The Morgan fingerprint density at radius 1 is 1.00 bits per heavy atom. The fourth-order valence-electron chi connectivity index (χ4n) is 3.16. The van der Waals surface area contributed by atoms with Crippen molar-refractivity contribution in [1.29, 1.82) is 0 Å². The van der Waals surface area contributed by atoms with Crippen LogP contribution in [0.5, 0.6) is 5.75 Å². The SMILES string of the molecule is CCC(C)(C)c1ccc(OCCCONc2ccc(Cl)c([N+](=O)[O-])c2)c(C(C)(C)CC)c1. The minimum absolute atomic E-state index is 0.0104. The number of nitro groups is 1. The second-order valence-electron chi connectivity index (χ2n) is 9.26. The molecule has 0 aliphatic carbocycles. The highest BCUT2D eigenvalue weighted by Crippen LogP contribution is 2.38. The summed E-state index contributed by atoms with van der Waals surface area (Å²) in [7, 11) is 0. The molecule has 0 saturated heterocycles. The van der Waals surface area contributed by atoms with Crippen LogP contribution < -0.4 is 10.2 Å². The molecule has 0 aromatic heterocycles. The molecule has 2 aromatic rings. The summed E-state index contributed by atoms with van der Waals surface area (Å²) in [5.74, 6) is 0.911. The molecule has 6 nitrogen and oxygen atoms in total. The second kappa shape index (κ2) is 11.0. The van der Waals surface area contributed by atoms with Crippen LogP contribution in [-0.2, 0) is 15.7 Å². The number of nitrogens with zero attached hydrogens (tertiary/aromatic N) is 1. The van der Waals surface area contributed by atoms with Crippen LogP contribution >= 0.6 is 11.6 Å². The fourth-order valence-corrected chi connectivity index (χ4v) is 3.35. The molecule has 0 aliphatic heterocycles. The minimum atomic E-state index is -0.524. The van der Waals surface area contributed by atoms with Crippen molar-refractivity contribution >= 4 is 23.0 Å². The molecule has 7 heteroatoms. The van der Waals surface area contributed by atoms with Gasteiger partial charge in [0.05, 0.1) is 23.8 Å². The predicted molar refractivity (Wildman–Crippen MR) is 131 cm³/mol.